The average molecular weight is 635 g/mol. The number of hydrogen-bond acceptors (Lipinski definition) is 5. The molecule has 10 heteroatoms. The molecule has 0 unspecified atom stereocenters. The van der Waals surface area contributed by atoms with Gasteiger partial charge in [0.1, 0.15) is 5.82 Å². The number of likely N-dealkylation sites (tertiary alicyclic amines) is 1. The van der Waals surface area contributed by atoms with Crippen LogP contribution in [0.15, 0.2) is 36.4 Å². The van der Waals surface area contributed by atoms with Gasteiger partial charge in [-0.05, 0) is 57.6 Å². The predicted molar refractivity (Wildman–Crippen MR) is 173 cm³/mol. The first kappa shape index (κ1) is 33.5. The van der Waals surface area contributed by atoms with Gasteiger partial charge < -0.3 is 20.0 Å². The summed E-state index contributed by atoms with van der Waals surface area (Å²) < 4.78 is 15.5. The van der Waals surface area contributed by atoms with E-state index in [1.807, 2.05) is 60.8 Å². The van der Waals surface area contributed by atoms with Gasteiger partial charge in [-0.1, -0.05) is 55.2 Å². The van der Waals surface area contributed by atoms with E-state index in [0.29, 0.717) is 67.5 Å². The summed E-state index contributed by atoms with van der Waals surface area (Å²) in [6, 6.07) is 10.6. The van der Waals surface area contributed by atoms with Gasteiger partial charge in [0.15, 0.2) is 0 Å². The fourth-order valence-corrected chi connectivity index (χ4v) is 6.85. The van der Waals surface area contributed by atoms with Crippen LogP contribution in [-0.4, -0.2) is 92.5 Å². The normalized spacial score (nSPS) is 20.4. The first-order valence-electron chi connectivity index (χ1n) is 15.3. The number of para-hydroxylation sites is 1. The lowest BCUT2D eigenvalue weighted by molar-refractivity contribution is -0.136. The molecule has 2 aromatic carbocycles. The van der Waals surface area contributed by atoms with Crippen LogP contribution in [0.25, 0.3) is 0 Å². The fraction of sp³-hybridized carbons (Fsp3) is 0.576. The minimum absolute atomic E-state index is 0.0289. The van der Waals surface area contributed by atoms with Crippen molar-refractivity contribution in [3.05, 3.63) is 63.4 Å². The molecule has 0 spiro atoms. The molecule has 1 N–H and O–H groups in total. The van der Waals surface area contributed by atoms with Crippen molar-refractivity contribution in [3.8, 4) is 0 Å². The van der Waals surface area contributed by atoms with Gasteiger partial charge in [-0.3, -0.25) is 14.5 Å². The van der Waals surface area contributed by atoms with Crippen molar-refractivity contribution >= 4 is 40.7 Å². The molecule has 2 aliphatic heterocycles. The number of halogens is 3. The van der Waals surface area contributed by atoms with Gasteiger partial charge >= 0.3 is 0 Å². The highest BCUT2D eigenvalue weighted by Gasteiger charge is 2.42. The fourth-order valence-electron chi connectivity index (χ4n) is 6.30. The molecule has 0 aromatic heterocycles. The maximum Gasteiger partial charge on any atom is 0.227 e. The molecule has 2 saturated heterocycles. The first-order valence-corrected chi connectivity index (χ1v) is 16.1. The number of nitrogens with zero attached hydrogens (tertiary/aromatic N) is 4. The van der Waals surface area contributed by atoms with Crippen molar-refractivity contribution in [1.29, 1.82) is 0 Å². The van der Waals surface area contributed by atoms with Crippen LogP contribution in [0.1, 0.15) is 57.2 Å². The Morgan fingerprint density at radius 3 is 2.33 bits per heavy atom. The van der Waals surface area contributed by atoms with E-state index < -0.39 is 0 Å². The number of anilines is 1. The molecule has 2 amide bonds. The highest BCUT2D eigenvalue weighted by atomic mass is 35.5. The van der Waals surface area contributed by atoms with E-state index in [0.717, 1.165) is 17.7 Å². The molecular formula is C33H46Cl2FN5O2. The zero-order valence-electron chi connectivity index (χ0n) is 26.2. The summed E-state index contributed by atoms with van der Waals surface area (Å²) >= 11 is 12.8. The Kier molecular flexibility index (Phi) is 11.4. The summed E-state index contributed by atoms with van der Waals surface area (Å²) in [7, 11) is 3.87. The number of piperazine rings is 1. The van der Waals surface area contributed by atoms with E-state index >= 15 is 4.39 Å². The molecule has 2 fully saturated rings. The van der Waals surface area contributed by atoms with Gasteiger partial charge in [-0.15, -0.1) is 0 Å². The number of amides is 2. The lowest BCUT2D eigenvalue weighted by Gasteiger charge is -2.39. The van der Waals surface area contributed by atoms with Crippen molar-refractivity contribution < 1.29 is 14.0 Å². The third-order valence-electron chi connectivity index (χ3n) is 8.79. The topological polar surface area (TPSA) is 59.1 Å². The summed E-state index contributed by atoms with van der Waals surface area (Å²) in [5.41, 5.74) is 2.24. The maximum atomic E-state index is 15.5. The van der Waals surface area contributed by atoms with Gasteiger partial charge in [0.2, 0.25) is 11.8 Å². The largest absolute Gasteiger partial charge is 0.365 e. The number of carbonyl (C=O) groups is 2. The summed E-state index contributed by atoms with van der Waals surface area (Å²) in [5, 5.41) is 4.32. The Bertz CT molecular complexity index is 1280. The highest BCUT2D eigenvalue weighted by molar-refractivity contribution is 6.35. The van der Waals surface area contributed by atoms with Crippen LogP contribution in [-0.2, 0) is 9.59 Å². The summed E-state index contributed by atoms with van der Waals surface area (Å²) in [6.07, 6.45) is 0.374. The lowest BCUT2D eigenvalue weighted by atomic mass is 9.87. The van der Waals surface area contributed by atoms with E-state index in [9.17, 15) is 9.59 Å². The van der Waals surface area contributed by atoms with Gasteiger partial charge in [0, 0.05) is 79.8 Å². The molecule has 2 aliphatic rings. The number of rotatable bonds is 10. The van der Waals surface area contributed by atoms with Crippen LogP contribution in [0, 0.1) is 17.7 Å². The van der Waals surface area contributed by atoms with Crippen LogP contribution in [0.4, 0.5) is 10.1 Å². The maximum absolute atomic E-state index is 15.5. The number of benzene rings is 2. The van der Waals surface area contributed by atoms with Crippen LogP contribution in [0.5, 0.6) is 0 Å². The summed E-state index contributed by atoms with van der Waals surface area (Å²) in [6.45, 7) is 12.4. The molecule has 0 radical (unpaired) electrons. The van der Waals surface area contributed by atoms with Crippen LogP contribution >= 0.6 is 23.2 Å². The van der Waals surface area contributed by atoms with Crippen molar-refractivity contribution in [3.63, 3.8) is 0 Å². The number of hydrogen-bond donors (Lipinski definition) is 1. The Morgan fingerprint density at radius 1 is 1.02 bits per heavy atom. The predicted octanol–water partition coefficient (Wildman–Crippen LogP) is 5.67. The minimum atomic E-state index is -0.328. The smallest absolute Gasteiger partial charge is 0.227 e. The van der Waals surface area contributed by atoms with Crippen molar-refractivity contribution in [1.82, 2.24) is 20.0 Å². The zero-order valence-corrected chi connectivity index (χ0v) is 27.8. The van der Waals surface area contributed by atoms with Crippen molar-refractivity contribution in [2.45, 2.75) is 52.1 Å². The molecule has 0 saturated carbocycles. The third kappa shape index (κ3) is 8.01. The lowest BCUT2D eigenvalue weighted by Crippen LogP contribution is -2.52. The Morgan fingerprint density at radius 2 is 1.72 bits per heavy atom. The van der Waals surface area contributed by atoms with Crippen LogP contribution in [0.2, 0.25) is 10.0 Å². The molecule has 0 aliphatic carbocycles. The molecule has 236 valence electrons. The zero-order chi connectivity index (χ0) is 31.4. The van der Waals surface area contributed by atoms with E-state index in [1.165, 1.54) is 6.07 Å². The van der Waals surface area contributed by atoms with E-state index in [4.69, 9.17) is 23.2 Å². The molecule has 2 aromatic rings. The average Bonchev–Trinajstić information content (AvgIpc) is 3.40. The van der Waals surface area contributed by atoms with Crippen molar-refractivity contribution in [2.24, 2.45) is 11.8 Å². The molecule has 0 bridgehead atoms. The van der Waals surface area contributed by atoms with Gasteiger partial charge in [-0.2, -0.15) is 0 Å². The Hall–Kier alpha value is -2.39. The van der Waals surface area contributed by atoms with E-state index in [1.54, 1.807) is 12.1 Å². The summed E-state index contributed by atoms with van der Waals surface area (Å²) in [5.74, 6) is -0.444. The Labute approximate surface area is 266 Å². The SMILES string of the molecule is CC(C)[C@H](NC(=O)CCN(C)C)c1cccc(F)c1N1CCN(C(=O)[C@@H]2CN(C(C)C)C[C@H]2c2ccc(Cl)cc2Cl)CC1. The minimum Gasteiger partial charge on any atom is -0.365 e. The van der Waals surface area contributed by atoms with Crippen LogP contribution < -0.4 is 10.2 Å². The summed E-state index contributed by atoms with van der Waals surface area (Å²) in [4.78, 5) is 35.0. The van der Waals surface area contributed by atoms with Crippen molar-refractivity contribution in [2.75, 3.05) is 64.8 Å². The second-order valence-corrected chi connectivity index (χ2v) is 13.6. The highest BCUT2D eigenvalue weighted by Crippen LogP contribution is 2.40. The monoisotopic (exact) mass is 633 g/mol. The standard InChI is InChI=1S/C33H46Cl2FN5O2/c1-21(2)31(37-30(42)12-13-38(5)6)25-8-7-9-29(36)32(25)39-14-16-40(17-15-39)33(43)27-20-41(22(3)4)19-26(27)24-11-10-23(34)18-28(24)35/h7-11,18,21-22,26-27,31H,12-17,19-20H2,1-6H3,(H,37,42)/t26-,27+,31-/m0/s1. The molecular weight excluding hydrogens is 588 g/mol. The third-order valence-corrected chi connectivity index (χ3v) is 9.35. The molecule has 43 heavy (non-hydrogen) atoms. The molecule has 7 nitrogen and oxygen atoms in total. The first-order chi connectivity index (χ1) is 20.4. The van der Waals surface area contributed by atoms with Gasteiger partial charge in [0.25, 0.3) is 0 Å². The van der Waals surface area contributed by atoms with Crippen LogP contribution in [0.3, 0.4) is 0 Å². The molecule has 4 rings (SSSR count). The number of nitrogens with one attached hydrogen (secondary N) is 1. The van der Waals surface area contributed by atoms with E-state index in [-0.39, 0.29) is 41.4 Å². The quantitative estimate of drug-likeness (QED) is 0.365. The van der Waals surface area contributed by atoms with Gasteiger partial charge in [-0.25, -0.2) is 4.39 Å². The second-order valence-electron chi connectivity index (χ2n) is 12.8. The second kappa shape index (κ2) is 14.6. The number of carbonyl (C=O) groups excluding carboxylic acids is 2. The molecule has 2 heterocycles. The van der Waals surface area contributed by atoms with Gasteiger partial charge in [0.05, 0.1) is 17.6 Å². The Balaban J connectivity index is 1.50. The van der Waals surface area contributed by atoms with E-state index in [2.05, 4.69) is 24.1 Å². The molecule has 3 atom stereocenters.